The number of aromatic nitrogens is 4. The van der Waals surface area contributed by atoms with Crippen LogP contribution in [0.4, 0.5) is 0 Å². The number of hydrogen-bond donors (Lipinski definition) is 1. The van der Waals surface area contributed by atoms with Crippen LogP contribution in [0.2, 0.25) is 0 Å². The average Bonchev–Trinajstić information content (AvgIpc) is 3.16. The zero-order valence-electron chi connectivity index (χ0n) is 13.2. The van der Waals surface area contributed by atoms with E-state index in [9.17, 15) is 4.79 Å². The molecule has 0 aliphatic rings. The summed E-state index contributed by atoms with van der Waals surface area (Å²) in [4.78, 5) is 16.0. The number of carbonyl (C=O) groups is 1. The van der Waals surface area contributed by atoms with E-state index in [0.717, 1.165) is 11.3 Å². The molecular weight excluding hydrogens is 306 g/mol. The highest BCUT2D eigenvalue weighted by molar-refractivity contribution is 5.92. The summed E-state index contributed by atoms with van der Waals surface area (Å²) in [7, 11) is 1.63. The van der Waals surface area contributed by atoms with Crippen LogP contribution in [0.3, 0.4) is 0 Å². The number of rotatable bonds is 6. The SMILES string of the molecule is COc1cccc(CCNC(=O)c2ccc(-n3ccnc3)nn2)c1. The molecule has 1 aromatic carbocycles. The summed E-state index contributed by atoms with van der Waals surface area (Å²) in [5.41, 5.74) is 1.38. The van der Waals surface area contributed by atoms with Crippen molar-refractivity contribution >= 4 is 5.91 Å². The van der Waals surface area contributed by atoms with Crippen molar-refractivity contribution in [2.45, 2.75) is 6.42 Å². The molecule has 0 radical (unpaired) electrons. The van der Waals surface area contributed by atoms with Gasteiger partial charge in [0.1, 0.15) is 12.1 Å². The van der Waals surface area contributed by atoms with Gasteiger partial charge in [-0.1, -0.05) is 12.1 Å². The molecule has 0 aliphatic heterocycles. The molecule has 0 bridgehead atoms. The Morgan fingerprint density at radius 2 is 2.17 bits per heavy atom. The van der Waals surface area contributed by atoms with Gasteiger partial charge in [-0.15, -0.1) is 10.2 Å². The largest absolute Gasteiger partial charge is 0.497 e. The molecule has 1 N–H and O–H groups in total. The van der Waals surface area contributed by atoms with E-state index in [4.69, 9.17) is 4.74 Å². The Balaban J connectivity index is 1.55. The van der Waals surface area contributed by atoms with Crippen LogP contribution in [0.1, 0.15) is 16.1 Å². The van der Waals surface area contributed by atoms with E-state index in [2.05, 4.69) is 20.5 Å². The Bertz CT molecular complexity index is 800. The fraction of sp³-hybridized carbons (Fsp3) is 0.176. The third-order valence-electron chi connectivity index (χ3n) is 3.49. The summed E-state index contributed by atoms with van der Waals surface area (Å²) in [5, 5.41) is 10.8. The lowest BCUT2D eigenvalue weighted by molar-refractivity contribution is 0.0948. The molecule has 7 heteroatoms. The van der Waals surface area contributed by atoms with Gasteiger partial charge < -0.3 is 10.1 Å². The predicted molar refractivity (Wildman–Crippen MR) is 88.2 cm³/mol. The van der Waals surface area contributed by atoms with Crippen molar-refractivity contribution in [3.05, 3.63) is 66.4 Å². The van der Waals surface area contributed by atoms with Gasteiger partial charge >= 0.3 is 0 Å². The molecule has 122 valence electrons. The van der Waals surface area contributed by atoms with E-state index in [0.29, 0.717) is 18.8 Å². The molecule has 3 aromatic rings. The van der Waals surface area contributed by atoms with Gasteiger partial charge in [0.05, 0.1) is 7.11 Å². The third-order valence-corrected chi connectivity index (χ3v) is 3.49. The number of ether oxygens (including phenoxy) is 1. The number of nitrogens with zero attached hydrogens (tertiary/aromatic N) is 4. The number of methoxy groups -OCH3 is 1. The number of benzene rings is 1. The van der Waals surface area contributed by atoms with E-state index >= 15 is 0 Å². The van der Waals surface area contributed by atoms with Crippen LogP contribution in [0.5, 0.6) is 5.75 Å². The molecule has 1 amide bonds. The standard InChI is InChI=1S/C17H17N5O2/c1-24-14-4-2-3-13(11-14)7-8-19-17(23)15-5-6-16(21-20-15)22-10-9-18-12-22/h2-6,9-12H,7-8H2,1H3,(H,19,23). The second kappa shape index (κ2) is 7.36. The van der Waals surface area contributed by atoms with Crippen molar-refractivity contribution in [3.8, 4) is 11.6 Å². The first-order valence-electron chi connectivity index (χ1n) is 7.49. The number of hydrogen-bond acceptors (Lipinski definition) is 5. The Morgan fingerprint density at radius 1 is 1.25 bits per heavy atom. The van der Waals surface area contributed by atoms with Gasteiger partial charge in [0.15, 0.2) is 11.5 Å². The van der Waals surface area contributed by atoms with Crippen LogP contribution < -0.4 is 10.1 Å². The van der Waals surface area contributed by atoms with Gasteiger partial charge in [-0.2, -0.15) is 0 Å². The molecule has 0 fully saturated rings. The van der Waals surface area contributed by atoms with E-state index in [1.165, 1.54) is 0 Å². The molecule has 3 rings (SSSR count). The highest BCUT2D eigenvalue weighted by Crippen LogP contribution is 2.12. The van der Waals surface area contributed by atoms with Crippen molar-refractivity contribution in [3.63, 3.8) is 0 Å². The maximum Gasteiger partial charge on any atom is 0.271 e. The van der Waals surface area contributed by atoms with Gasteiger partial charge in [0, 0.05) is 18.9 Å². The highest BCUT2D eigenvalue weighted by atomic mass is 16.5. The lowest BCUT2D eigenvalue weighted by Crippen LogP contribution is -2.26. The van der Waals surface area contributed by atoms with E-state index in [1.807, 2.05) is 24.3 Å². The lowest BCUT2D eigenvalue weighted by Gasteiger charge is -2.06. The molecule has 2 heterocycles. The van der Waals surface area contributed by atoms with Crippen LogP contribution in [0.15, 0.2) is 55.1 Å². The summed E-state index contributed by atoms with van der Waals surface area (Å²) in [6, 6.07) is 11.1. The number of nitrogens with one attached hydrogen (secondary N) is 1. The molecule has 24 heavy (non-hydrogen) atoms. The zero-order valence-corrected chi connectivity index (χ0v) is 13.2. The van der Waals surface area contributed by atoms with Crippen molar-refractivity contribution in [1.82, 2.24) is 25.1 Å². The first-order valence-corrected chi connectivity index (χ1v) is 7.49. The molecule has 0 atom stereocenters. The Morgan fingerprint density at radius 3 is 2.88 bits per heavy atom. The molecule has 0 saturated heterocycles. The fourth-order valence-corrected chi connectivity index (χ4v) is 2.22. The van der Waals surface area contributed by atoms with Crippen molar-refractivity contribution in [1.29, 1.82) is 0 Å². The molecule has 0 unspecified atom stereocenters. The molecule has 2 aromatic heterocycles. The smallest absolute Gasteiger partial charge is 0.271 e. The first kappa shape index (κ1) is 15.7. The monoisotopic (exact) mass is 323 g/mol. The molecular formula is C17H17N5O2. The van der Waals surface area contributed by atoms with E-state index < -0.39 is 0 Å². The minimum atomic E-state index is -0.248. The third kappa shape index (κ3) is 3.75. The topological polar surface area (TPSA) is 81.9 Å². The molecule has 0 saturated carbocycles. The molecule has 0 aliphatic carbocycles. The number of imidazole rings is 1. The van der Waals surface area contributed by atoms with E-state index in [1.54, 1.807) is 42.5 Å². The molecule has 0 spiro atoms. The Hall–Kier alpha value is -3.22. The Kier molecular flexibility index (Phi) is 4.81. The summed E-state index contributed by atoms with van der Waals surface area (Å²) < 4.78 is 6.90. The van der Waals surface area contributed by atoms with Crippen LogP contribution >= 0.6 is 0 Å². The average molecular weight is 323 g/mol. The fourth-order valence-electron chi connectivity index (χ4n) is 2.22. The minimum absolute atomic E-state index is 0.248. The van der Waals surface area contributed by atoms with Gasteiger partial charge in [0.25, 0.3) is 5.91 Å². The number of amides is 1. The van der Waals surface area contributed by atoms with Gasteiger partial charge in [0.2, 0.25) is 0 Å². The number of carbonyl (C=O) groups excluding carboxylic acids is 1. The maximum absolute atomic E-state index is 12.1. The van der Waals surface area contributed by atoms with Crippen LogP contribution in [-0.4, -0.2) is 39.3 Å². The van der Waals surface area contributed by atoms with Gasteiger partial charge in [-0.3, -0.25) is 9.36 Å². The predicted octanol–water partition coefficient (Wildman–Crippen LogP) is 1.64. The van der Waals surface area contributed by atoms with Crippen LogP contribution in [0, 0.1) is 0 Å². The quantitative estimate of drug-likeness (QED) is 0.746. The second-order valence-electron chi connectivity index (χ2n) is 5.10. The summed E-state index contributed by atoms with van der Waals surface area (Å²) in [6.07, 6.45) is 5.75. The van der Waals surface area contributed by atoms with Crippen molar-refractivity contribution < 1.29 is 9.53 Å². The van der Waals surface area contributed by atoms with Crippen LogP contribution in [-0.2, 0) is 6.42 Å². The van der Waals surface area contributed by atoms with Gasteiger partial charge in [-0.05, 0) is 36.2 Å². The minimum Gasteiger partial charge on any atom is -0.497 e. The first-order chi connectivity index (χ1) is 11.8. The summed E-state index contributed by atoms with van der Waals surface area (Å²) in [6.45, 7) is 0.511. The normalized spacial score (nSPS) is 10.4. The van der Waals surface area contributed by atoms with Crippen molar-refractivity contribution in [2.75, 3.05) is 13.7 Å². The van der Waals surface area contributed by atoms with Crippen molar-refractivity contribution in [2.24, 2.45) is 0 Å². The highest BCUT2D eigenvalue weighted by Gasteiger charge is 2.08. The second-order valence-corrected chi connectivity index (χ2v) is 5.10. The van der Waals surface area contributed by atoms with Gasteiger partial charge in [-0.25, -0.2) is 4.98 Å². The Labute approximate surface area is 139 Å². The van der Waals surface area contributed by atoms with Crippen LogP contribution in [0.25, 0.3) is 5.82 Å². The summed E-state index contributed by atoms with van der Waals surface area (Å²) in [5.74, 6) is 1.17. The maximum atomic E-state index is 12.1. The lowest BCUT2D eigenvalue weighted by atomic mass is 10.1. The molecule has 7 nitrogen and oxygen atoms in total. The summed E-state index contributed by atoms with van der Waals surface area (Å²) >= 11 is 0. The zero-order chi connectivity index (χ0) is 16.8. The van der Waals surface area contributed by atoms with E-state index in [-0.39, 0.29) is 11.6 Å².